The van der Waals surface area contributed by atoms with Gasteiger partial charge in [0.1, 0.15) is 11.4 Å². The highest BCUT2D eigenvalue weighted by Gasteiger charge is 2.27. The predicted octanol–water partition coefficient (Wildman–Crippen LogP) is 3.66. The van der Waals surface area contributed by atoms with Gasteiger partial charge < -0.3 is 15.0 Å². The second-order valence-electron chi connectivity index (χ2n) is 7.48. The molecule has 2 aromatic rings. The van der Waals surface area contributed by atoms with E-state index in [4.69, 9.17) is 4.74 Å². The van der Waals surface area contributed by atoms with E-state index in [1.54, 1.807) is 7.11 Å². The monoisotopic (exact) mass is 397 g/mol. The van der Waals surface area contributed by atoms with Crippen molar-refractivity contribution in [2.75, 3.05) is 26.7 Å². The van der Waals surface area contributed by atoms with Crippen molar-refractivity contribution in [3.8, 4) is 5.75 Å². The zero-order valence-corrected chi connectivity index (χ0v) is 17.8. The highest BCUT2D eigenvalue weighted by atomic mass is 16.5. The highest BCUT2D eigenvalue weighted by Crippen LogP contribution is 2.27. The van der Waals surface area contributed by atoms with Crippen LogP contribution in [0, 0.1) is 6.92 Å². The maximum atomic E-state index is 13.0. The van der Waals surface area contributed by atoms with E-state index >= 15 is 0 Å². The number of hydrogen-bond acceptors (Lipinski definition) is 4. The number of carbonyl (C=O) groups is 2. The summed E-state index contributed by atoms with van der Waals surface area (Å²) >= 11 is 0. The molecule has 2 N–H and O–H groups in total. The predicted molar refractivity (Wildman–Crippen MR) is 114 cm³/mol. The Morgan fingerprint density at radius 1 is 1.28 bits per heavy atom. The molecule has 0 bridgehead atoms. The molecular formula is C23H31N3O3. The first-order valence-corrected chi connectivity index (χ1v) is 10.4. The van der Waals surface area contributed by atoms with Crippen LogP contribution in [0.2, 0.25) is 0 Å². The minimum Gasteiger partial charge on any atom is -0.497 e. The molecule has 1 heterocycles. The van der Waals surface area contributed by atoms with Gasteiger partial charge in [0.15, 0.2) is 5.78 Å². The standard InChI is InChI=1S/C23H31N3O3/c1-5-26(6-2)19(16-9-7-10-17(13-16)29-4)14-24-23(28)22-15(3)21-18(25-22)11-8-12-20(21)27/h7,9-10,13,19,25H,5-6,8,11-12,14H2,1-4H3,(H,24,28). The Kier molecular flexibility index (Phi) is 6.75. The number of fused-ring (bicyclic) bond motifs is 1. The van der Waals surface area contributed by atoms with Crippen LogP contribution in [0.3, 0.4) is 0 Å². The summed E-state index contributed by atoms with van der Waals surface area (Å²) in [5, 5.41) is 3.08. The minimum atomic E-state index is -0.162. The number of H-pyrrole nitrogens is 1. The maximum absolute atomic E-state index is 13.0. The first kappa shape index (κ1) is 21.1. The van der Waals surface area contributed by atoms with Crippen LogP contribution in [-0.4, -0.2) is 48.3 Å². The van der Waals surface area contributed by atoms with Gasteiger partial charge in [-0.2, -0.15) is 0 Å². The molecule has 6 heteroatoms. The van der Waals surface area contributed by atoms with Crippen LogP contribution >= 0.6 is 0 Å². The number of hydrogen-bond donors (Lipinski definition) is 2. The number of nitrogens with zero attached hydrogens (tertiary/aromatic N) is 1. The van der Waals surface area contributed by atoms with Gasteiger partial charge in [-0.25, -0.2) is 0 Å². The average molecular weight is 398 g/mol. The van der Waals surface area contributed by atoms with Crippen molar-refractivity contribution in [3.05, 3.63) is 52.3 Å². The van der Waals surface area contributed by atoms with Crippen LogP contribution in [0.1, 0.15) is 70.4 Å². The van der Waals surface area contributed by atoms with Crippen LogP contribution in [0.15, 0.2) is 24.3 Å². The lowest BCUT2D eigenvalue weighted by atomic mass is 9.94. The van der Waals surface area contributed by atoms with Crippen LogP contribution in [-0.2, 0) is 6.42 Å². The normalized spacial score (nSPS) is 14.6. The smallest absolute Gasteiger partial charge is 0.268 e. The van der Waals surface area contributed by atoms with Gasteiger partial charge in [0.25, 0.3) is 5.91 Å². The van der Waals surface area contributed by atoms with Crippen LogP contribution < -0.4 is 10.1 Å². The third-order valence-electron chi connectivity index (χ3n) is 5.85. The van der Waals surface area contributed by atoms with E-state index < -0.39 is 0 Å². The molecular weight excluding hydrogens is 366 g/mol. The molecule has 1 aliphatic carbocycles. The zero-order chi connectivity index (χ0) is 21.0. The third kappa shape index (κ3) is 4.37. The molecule has 1 aromatic carbocycles. The first-order valence-electron chi connectivity index (χ1n) is 10.4. The van der Waals surface area contributed by atoms with Crippen molar-refractivity contribution in [2.24, 2.45) is 0 Å². The first-order chi connectivity index (χ1) is 14.0. The Balaban J connectivity index is 1.80. The number of ether oxygens (including phenoxy) is 1. The van der Waals surface area contributed by atoms with Crippen molar-refractivity contribution < 1.29 is 14.3 Å². The van der Waals surface area contributed by atoms with Gasteiger partial charge in [-0.1, -0.05) is 26.0 Å². The summed E-state index contributed by atoms with van der Waals surface area (Å²) < 4.78 is 5.38. The van der Waals surface area contributed by atoms with Crippen LogP contribution in [0.5, 0.6) is 5.75 Å². The lowest BCUT2D eigenvalue weighted by molar-refractivity contribution is 0.0929. The van der Waals surface area contributed by atoms with Crippen LogP contribution in [0.4, 0.5) is 0 Å². The second-order valence-corrected chi connectivity index (χ2v) is 7.48. The number of methoxy groups -OCH3 is 1. The lowest BCUT2D eigenvalue weighted by Gasteiger charge is -2.30. The van der Waals surface area contributed by atoms with Gasteiger partial charge in [0.2, 0.25) is 0 Å². The molecule has 0 aliphatic heterocycles. The fourth-order valence-electron chi connectivity index (χ4n) is 4.25. The zero-order valence-electron chi connectivity index (χ0n) is 17.8. The number of nitrogens with one attached hydrogen (secondary N) is 2. The molecule has 6 nitrogen and oxygen atoms in total. The molecule has 0 saturated carbocycles. The molecule has 0 saturated heterocycles. The van der Waals surface area contributed by atoms with Crippen molar-refractivity contribution >= 4 is 11.7 Å². The average Bonchev–Trinajstić information content (AvgIpc) is 3.08. The molecule has 29 heavy (non-hydrogen) atoms. The molecule has 1 aromatic heterocycles. The van der Waals surface area contributed by atoms with E-state index in [-0.39, 0.29) is 17.7 Å². The molecule has 3 rings (SSSR count). The Labute approximate surface area is 172 Å². The number of aromatic nitrogens is 1. The Bertz CT molecular complexity index is 883. The van der Waals surface area contributed by atoms with E-state index in [0.29, 0.717) is 18.7 Å². The molecule has 1 aliphatic rings. The summed E-state index contributed by atoms with van der Waals surface area (Å²) in [5.41, 5.74) is 4.00. The van der Waals surface area contributed by atoms with E-state index in [9.17, 15) is 9.59 Å². The molecule has 156 valence electrons. The van der Waals surface area contributed by atoms with Gasteiger partial charge in [-0.3, -0.25) is 14.5 Å². The SMILES string of the molecule is CCN(CC)C(CNC(=O)c1[nH]c2c(c1C)C(=O)CCC2)c1cccc(OC)c1. The van der Waals surface area contributed by atoms with E-state index in [1.807, 2.05) is 25.1 Å². The van der Waals surface area contributed by atoms with Gasteiger partial charge in [0.05, 0.1) is 13.2 Å². The third-order valence-corrected chi connectivity index (χ3v) is 5.85. The fraction of sp³-hybridized carbons (Fsp3) is 0.478. The number of benzene rings is 1. The topological polar surface area (TPSA) is 74.4 Å². The number of ketones is 1. The number of aryl methyl sites for hydroxylation is 1. The summed E-state index contributed by atoms with van der Waals surface area (Å²) in [6.07, 6.45) is 2.22. The van der Waals surface area contributed by atoms with Crippen LogP contribution in [0.25, 0.3) is 0 Å². The van der Waals surface area contributed by atoms with Crippen molar-refractivity contribution in [3.63, 3.8) is 0 Å². The fourth-order valence-corrected chi connectivity index (χ4v) is 4.25. The van der Waals surface area contributed by atoms with Crippen molar-refractivity contribution in [2.45, 2.75) is 46.1 Å². The summed E-state index contributed by atoms with van der Waals surface area (Å²) in [6, 6.07) is 8.02. The minimum absolute atomic E-state index is 0.0376. The van der Waals surface area contributed by atoms with Gasteiger partial charge in [-0.15, -0.1) is 0 Å². The number of carbonyl (C=O) groups excluding carboxylic acids is 2. The highest BCUT2D eigenvalue weighted by molar-refractivity contribution is 6.04. The van der Waals surface area contributed by atoms with E-state index in [0.717, 1.165) is 54.1 Å². The van der Waals surface area contributed by atoms with Gasteiger partial charge >= 0.3 is 0 Å². The number of rotatable bonds is 8. The molecule has 0 fully saturated rings. The summed E-state index contributed by atoms with van der Waals surface area (Å²) in [4.78, 5) is 30.7. The second kappa shape index (κ2) is 9.27. The quantitative estimate of drug-likeness (QED) is 0.713. The van der Waals surface area contributed by atoms with Gasteiger partial charge in [0, 0.05) is 24.2 Å². The van der Waals surface area contributed by atoms with E-state index in [2.05, 4.69) is 35.1 Å². The molecule has 0 spiro atoms. The largest absolute Gasteiger partial charge is 0.497 e. The molecule has 0 radical (unpaired) electrons. The number of amides is 1. The Morgan fingerprint density at radius 3 is 2.69 bits per heavy atom. The number of aromatic amines is 1. The summed E-state index contributed by atoms with van der Waals surface area (Å²) in [5.74, 6) is 0.776. The molecule has 1 amide bonds. The molecule has 1 atom stereocenters. The number of likely N-dealkylation sites (N-methyl/N-ethyl adjacent to an activating group) is 1. The van der Waals surface area contributed by atoms with Crippen molar-refractivity contribution in [1.82, 2.24) is 15.2 Å². The Hall–Kier alpha value is -2.60. The molecule has 1 unspecified atom stereocenters. The Morgan fingerprint density at radius 2 is 2.03 bits per heavy atom. The summed E-state index contributed by atoms with van der Waals surface area (Å²) in [6.45, 7) is 8.32. The lowest BCUT2D eigenvalue weighted by Crippen LogP contribution is -2.38. The van der Waals surface area contributed by atoms with Crippen molar-refractivity contribution in [1.29, 1.82) is 0 Å². The number of Topliss-reactive ketones (excluding diaryl/α,β-unsaturated/α-hetero) is 1. The van der Waals surface area contributed by atoms with E-state index in [1.165, 1.54) is 0 Å². The maximum Gasteiger partial charge on any atom is 0.268 e. The van der Waals surface area contributed by atoms with Gasteiger partial charge in [-0.05, 0) is 56.1 Å². The summed E-state index contributed by atoms with van der Waals surface area (Å²) in [7, 11) is 1.66.